The highest BCUT2D eigenvalue weighted by Gasteiger charge is 2.20. The molecule has 0 radical (unpaired) electrons. The Morgan fingerprint density at radius 1 is 1.45 bits per heavy atom. The number of carboxylic acid groups (broad SMARTS) is 1. The fourth-order valence-corrected chi connectivity index (χ4v) is 4.66. The molecule has 0 aliphatic rings. The molecular formula is C10H6BrClN2O4S2. The zero-order valence-electron chi connectivity index (χ0n) is 9.50. The highest BCUT2D eigenvalue weighted by Crippen LogP contribution is 2.35. The first-order chi connectivity index (χ1) is 9.29. The number of pyridine rings is 1. The minimum atomic E-state index is -3.86. The Morgan fingerprint density at radius 2 is 2.15 bits per heavy atom. The molecule has 0 amide bonds. The zero-order chi connectivity index (χ0) is 14.9. The maximum Gasteiger partial charge on any atom is 0.335 e. The third-order valence-corrected chi connectivity index (χ3v) is 6.44. The van der Waals surface area contributed by atoms with E-state index in [1.54, 1.807) is 0 Å². The van der Waals surface area contributed by atoms with E-state index >= 15 is 0 Å². The minimum absolute atomic E-state index is 0.00287. The molecule has 20 heavy (non-hydrogen) atoms. The Balaban J connectivity index is 2.33. The molecule has 0 aliphatic carbocycles. The van der Waals surface area contributed by atoms with Crippen LogP contribution in [0.25, 0.3) is 0 Å². The molecule has 0 bridgehead atoms. The standard InChI is InChI=1S/C10H6BrClN2O4S2/c11-9-6(12)4-8(19-9)20(17,18)14-7-3-5(10(15)16)1-2-13-7/h1-4H,(H,13,14)(H,15,16). The van der Waals surface area contributed by atoms with Crippen LogP contribution in [0.15, 0.2) is 32.4 Å². The van der Waals surface area contributed by atoms with E-state index < -0.39 is 16.0 Å². The summed E-state index contributed by atoms with van der Waals surface area (Å²) in [5.41, 5.74) is -0.0666. The Hall–Kier alpha value is -1.16. The van der Waals surface area contributed by atoms with Gasteiger partial charge in [-0.05, 0) is 34.1 Å². The van der Waals surface area contributed by atoms with Gasteiger partial charge in [0, 0.05) is 6.20 Å². The van der Waals surface area contributed by atoms with Gasteiger partial charge in [-0.25, -0.2) is 18.2 Å². The molecule has 0 spiro atoms. The van der Waals surface area contributed by atoms with Crippen LogP contribution in [0.3, 0.4) is 0 Å². The smallest absolute Gasteiger partial charge is 0.335 e. The SMILES string of the molecule is O=C(O)c1ccnc(NS(=O)(=O)c2cc(Cl)c(Br)s2)c1. The van der Waals surface area contributed by atoms with Gasteiger partial charge in [-0.15, -0.1) is 11.3 Å². The van der Waals surface area contributed by atoms with Crippen molar-refractivity contribution in [2.24, 2.45) is 0 Å². The highest BCUT2D eigenvalue weighted by molar-refractivity contribution is 9.11. The molecule has 2 aromatic rings. The van der Waals surface area contributed by atoms with Crippen LogP contribution in [0.1, 0.15) is 10.4 Å². The minimum Gasteiger partial charge on any atom is -0.478 e. The van der Waals surface area contributed by atoms with Gasteiger partial charge in [0.2, 0.25) is 0 Å². The van der Waals surface area contributed by atoms with E-state index in [9.17, 15) is 13.2 Å². The van der Waals surface area contributed by atoms with Crippen LogP contribution >= 0.6 is 38.9 Å². The molecule has 2 heterocycles. The largest absolute Gasteiger partial charge is 0.478 e. The van der Waals surface area contributed by atoms with Crippen LogP contribution in [0, 0.1) is 0 Å². The van der Waals surface area contributed by atoms with Crippen molar-refractivity contribution in [2.45, 2.75) is 4.21 Å². The molecule has 2 N–H and O–H groups in total. The van der Waals surface area contributed by atoms with Crippen molar-refractivity contribution in [3.63, 3.8) is 0 Å². The number of thiophene rings is 1. The summed E-state index contributed by atoms with van der Waals surface area (Å²) < 4.78 is 26.9. The quantitative estimate of drug-likeness (QED) is 0.826. The number of nitrogens with one attached hydrogen (secondary N) is 1. The molecule has 10 heteroatoms. The zero-order valence-corrected chi connectivity index (χ0v) is 13.5. The number of sulfonamides is 1. The number of hydrogen-bond acceptors (Lipinski definition) is 5. The summed E-state index contributed by atoms with van der Waals surface area (Å²) in [6.07, 6.45) is 1.21. The molecule has 106 valence electrons. The second-order valence-corrected chi connectivity index (χ2v) is 8.21. The number of carbonyl (C=O) groups is 1. The Morgan fingerprint density at radius 3 is 2.70 bits per heavy atom. The van der Waals surface area contributed by atoms with Crippen LogP contribution in [-0.4, -0.2) is 24.5 Å². The van der Waals surface area contributed by atoms with Gasteiger partial charge in [0.05, 0.1) is 14.4 Å². The van der Waals surface area contributed by atoms with Crippen LogP contribution in [0.2, 0.25) is 5.02 Å². The van der Waals surface area contributed by atoms with Crippen molar-refractivity contribution in [3.8, 4) is 0 Å². The van der Waals surface area contributed by atoms with Gasteiger partial charge >= 0.3 is 5.97 Å². The van der Waals surface area contributed by atoms with Gasteiger partial charge in [0.15, 0.2) is 0 Å². The van der Waals surface area contributed by atoms with Gasteiger partial charge < -0.3 is 5.11 Å². The molecule has 0 aromatic carbocycles. The summed E-state index contributed by atoms with van der Waals surface area (Å²) in [7, 11) is -3.86. The Bertz CT molecular complexity index is 756. The van der Waals surface area contributed by atoms with E-state index in [4.69, 9.17) is 16.7 Å². The highest BCUT2D eigenvalue weighted by atomic mass is 79.9. The van der Waals surface area contributed by atoms with Gasteiger partial charge in [-0.3, -0.25) is 4.72 Å². The summed E-state index contributed by atoms with van der Waals surface area (Å²) >= 11 is 9.85. The fraction of sp³-hybridized carbons (Fsp3) is 0. The summed E-state index contributed by atoms with van der Waals surface area (Å²) in [6, 6.07) is 3.68. The number of halogens is 2. The molecule has 2 aromatic heterocycles. The van der Waals surface area contributed by atoms with Crippen molar-refractivity contribution < 1.29 is 18.3 Å². The lowest BCUT2D eigenvalue weighted by molar-refractivity contribution is 0.0697. The molecule has 0 fully saturated rings. The molecule has 0 aliphatic heterocycles. The van der Waals surface area contributed by atoms with Crippen LogP contribution in [-0.2, 0) is 10.0 Å². The van der Waals surface area contributed by atoms with E-state index in [2.05, 4.69) is 25.6 Å². The first-order valence-corrected chi connectivity index (χ1v) is 8.43. The lowest BCUT2D eigenvalue weighted by atomic mass is 10.3. The molecule has 6 nitrogen and oxygen atoms in total. The Labute approximate surface area is 131 Å². The lowest BCUT2D eigenvalue weighted by Gasteiger charge is -2.05. The van der Waals surface area contributed by atoms with E-state index in [-0.39, 0.29) is 20.6 Å². The maximum absolute atomic E-state index is 12.1. The number of anilines is 1. The summed E-state index contributed by atoms with van der Waals surface area (Å²) in [6.45, 7) is 0. The summed E-state index contributed by atoms with van der Waals surface area (Å²) in [5.74, 6) is -1.25. The third kappa shape index (κ3) is 3.29. The average Bonchev–Trinajstić information content (AvgIpc) is 2.70. The fourth-order valence-electron chi connectivity index (χ4n) is 1.27. The first-order valence-electron chi connectivity index (χ1n) is 4.96. The molecular weight excluding hydrogens is 392 g/mol. The predicted octanol–water partition coefficient (Wildman–Crippen LogP) is 3.06. The number of rotatable bonds is 4. The van der Waals surface area contributed by atoms with Crippen LogP contribution in [0.4, 0.5) is 5.82 Å². The summed E-state index contributed by atoms with van der Waals surface area (Å²) in [5, 5.41) is 9.12. The monoisotopic (exact) mass is 396 g/mol. The molecule has 2 rings (SSSR count). The van der Waals surface area contributed by atoms with Crippen molar-refractivity contribution in [3.05, 3.63) is 38.8 Å². The predicted molar refractivity (Wildman–Crippen MR) is 79.0 cm³/mol. The maximum atomic E-state index is 12.1. The number of nitrogens with zero attached hydrogens (tertiary/aromatic N) is 1. The van der Waals surface area contributed by atoms with E-state index in [0.717, 1.165) is 17.4 Å². The number of aromatic nitrogens is 1. The van der Waals surface area contributed by atoms with Gasteiger partial charge in [-0.1, -0.05) is 11.6 Å². The lowest BCUT2D eigenvalue weighted by Crippen LogP contribution is -2.13. The summed E-state index contributed by atoms with van der Waals surface area (Å²) in [4.78, 5) is 14.6. The second-order valence-electron chi connectivity index (χ2n) is 3.53. The van der Waals surface area contributed by atoms with Crippen molar-refractivity contribution in [1.29, 1.82) is 0 Å². The normalized spacial score (nSPS) is 11.3. The number of carboxylic acids is 1. The van der Waals surface area contributed by atoms with Gasteiger partial charge in [0.25, 0.3) is 10.0 Å². The number of hydrogen-bond donors (Lipinski definition) is 2. The van der Waals surface area contributed by atoms with E-state index in [1.165, 1.54) is 18.3 Å². The van der Waals surface area contributed by atoms with Gasteiger partial charge in [0.1, 0.15) is 10.0 Å². The Kier molecular flexibility index (Phi) is 4.33. The number of aromatic carboxylic acids is 1. The van der Waals surface area contributed by atoms with E-state index in [1.807, 2.05) is 0 Å². The van der Waals surface area contributed by atoms with Crippen LogP contribution in [0.5, 0.6) is 0 Å². The molecule has 0 saturated carbocycles. The topological polar surface area (TPSA) is 96.4 Å². The molecule has 0 atom stereocenters. The third-order valence-electron chi connectivity index (χ3n) is 2.13. The van der Waals surface area contributed by atoms with Crippen molar-refractivity contribution in [2.75, 3.05) is 4.72 Å². The first kappa shape index (κ1) is 15.2. The van der Waals surface area contributed by atoms with Crippen LogP contribution < -0.4 is 4.72 Å². The van der Waals surface area contributed by atoms with Crippen molar-refractivity contribution in [1.82, 2.24) is 4.98 Å². The van der Waals surface area contributed by atoms with Gasteiger partial charge in [-0.2, -0.15) is 0 Å². The second kappa shape index (κ2) is 5.68. The molecule has 0 unspecified atom stereocenters. The molecule has 0 saturated heterocycles. The van der Waals surface area contributed by atoms with Crippen molar-refractivity contribution >= 4 is 60.7 Å². The average molecular weight is 398 g/mol. The van der Waals surface area contributed by atoms with E-state index in [0.29, 0.717) is 3.79 Å².